The van der Waals surface area contributed by atoms with Gasteiger partial charge in [0.15, 0.2) is 11.5 Å². The van der Waals surface area contributed by atoms with Crippen molar-refractivity contribution in [1.29, 1.82) is 5.26 Å². The molecule has 0 spiro atoms. The monoisotopic (exact) mass is 316 g/mol. The molecular formula is C13H6BrFN4. The van der Waals surface area contributed by atoms with E-state index >= 15 is 0 Å². The lowest BCUT2D eigenvalue weighted by atomic mass is 10.2. The Kier molecular flexibility index (Phi) is 2.76. The van der Waals surface area contributed by atoms with E-state index in [1.165, 1.54) is 6.07 Å². The van der Waals surface area contributed by atoms with Crippen molar-refractivity contribution in [3.63, 3.8) is 0 Å². The number of nitriles is 1. The zero-order valence-electron chi connectivity index (χ0n) is 9.51. The molecule has 0 N–H and O–H groups in total. The molecule has 0 unspecified atom stereocenters. The third-order valence-electron chi connectivity index (χ3n) is 2.71. The highest BCUT2D eigenvalue weighted by Gasteiger charge is 2.10. The Morgan fingerprint density at radius 1 is 1.21 bits per heavy atom. The number of pyridine rings is 1. The van der Waals surface area contributed by atoms with Crippen LogP contribution >= 0.6 is 15.9 Å². The van der Waals surface area contributed by atoms with E-state index in [1.807, 2.05) is 0 Å². The summed E-state index contributed by atoms with van der Waals surface area (Å²) in [7, 11) is 0. The minimum atomic E-state index is -0.370. The van der Waals surface area contributed by atoms with Gasteiger partial charge in [-0.25, -0.2) is 4.39 Å². The first-order valence-electron chi connectivity index (χ1n) is 5.39. The van der Waals surface area contributed by atoms with Crippen molar-refractivity contribution in [1.82, 2.24) is 14.6 Å². The number of hydrogen-bond donors (Lipinski definition) is 0. The quantitative estimate of drug-likeness (QED) is 0.693. The minimum Gasteiger partial charge on any atom is -0.281 e. The summed E-state index contributed by atoms with van der Waals surface area (Å²) in [4.78, 5) is 0. The topological polar surface area (TPSA) is 54.0 Å². The molecule has 0 atom stereocenters. The smallest absolute Gasteiger partial charge is 0.168 e. The standard InChI is InChI=1S/C13H6BrFN4/c14-10-3-2-9(5-11(10)15)13-18-17-12-4-1-8(6-16)7-19(12)13/h1-5,7H. The van der Waals surface area contributed by atoms with Gasteiger partial charge < -0.3 is 0 Å². The van der Waals surface area contributed by atoms with Crippen molar-refractivity contribution in [2.45, 2.75) is 0 Å². The molecule has 0 radical (unpaired) electrons. The molecule has 0 saturated heterocycles. The van der Waals surface area contributed by atoms with E-state index < -0.39 is 0 Å². The second kappa shape index (κ2) is 4.44. The Morgan fingerprint density at radius 3 is 2.79 bits per heavy atom. The number of benzene rings is 1. The predicted octanol–water partition coefficient (Wildman–Crippen LogP) is 3.17. The van der Waals surface area contributed by atoms with Crippen molar-refractivity contribution in [2.24, 2.45) is 0 Å². The average Bonchev–Trinajstić information content (AvgIpc) is 2.84. The van der Waals surface area contributed by atoms with Crippen molar-refractivity contribution >= 4 is 21.6 Å². The molecule has 0 amide bonds. The average molecular weight is 317 g/mol. The van der Waals surface area contributed by atoms with E-state index in [2.05, 4.69) is 32.2 Å². The first-order valence-corrected chi connectivity index (χ1v) is 6.18. The van der Waals surface area contributed by atoms with E-state index in [0.717, 1.165) is 0 Å². The fraction of sp³-hybridized carbons (Fsp3) is 0. The van der Waals surface area contributed by atoms with Crippen LogP contribution in [0, 0.1) is 17.1 Å². The van der Waals surface area contributed by atoms with Crippen molar-refractivity contribution in [3.8, 4) is 17.5 Å². The van der Waals surface area contributed by atoms with E-state index in [4.69, 9.17) is 5.26 Å². The SMILES string of the molecule is N#Cc1ccc2nnc(-c3ccc(Br)c(F)c3)n2c1. The van der Waals surface area contributed by atoms with Gasteiger partial charge in [0.05, 0.1) is 10.0 Å². The molecule has 2 heterocycles. The molecule has 0 aliphatic rings. The molecule has 0 saturated carbocycles. The van der Waals surface area contributed by atoms with Gasteiger partial charge in [-0.05, 0) is 46.3 Å². The summed E-state index contributed by atoms with van der Waals surface area (Å²) in [6.45, 7) is 0. The lowest BCUT2D eigenvalue weighted by Gasteiger charge is -2.01. The van der Waals surface area contributed by atoms with Crippen molar-refractivity contribution < 1.29 is 4.39 Å². The van der Waals surface area contributed by atoms with E-state index in [-0.39, 0.29) is 5.82 Å². The Morgan fingerprint density at radius 2 is 2.05 bits per heavy atom. The second-order valence-corrected chi connectivity index (χ2v) is 4.76. The second-order valence-electron chi connectivity index (χ2n) is 3.91. The van der Waals surface area contributed by atoms with E-state index in [1.54, 1.807) is 34.9 Å². The van der Waals surface area contributed by atoms with Crippen molar-refractivity contribution in [2.75, 3.05) is 0 Å². The van der Waals surface area contributed by atoms with Gasteiger partial charge in [0, 0.05) is 11.8 Å². The molecule has 0 fully saturated rings. The molecule has 3 aromatic rings. The number of nitrogens with zero attached hydrogens (tertiary/aromatic N) is 4. The highest BCUT2D eigenvalue weighted by atomic mass is 79.9. The maximum Gasteiger partial charge on any atom is 0.168 e. The van der Waals surface area contributed by atoms with Gasteiger partial charge in [-0.2, -0.15) is 5.26 Å². The van der Waals surface area contributed by atoms with Gasteiger partial charge in [-0.15, -0.1) is 10.2 Å². The van der Waals surface area contributed by atoms with E-state index in [9.17, 15) is 4.39 Å². The molecule has 6 heteroatoms. The largest absolute Gasteiger partial charge is 0.281 e. The van der Waals surface area contributed by atoms with Crippen LogP contribution in [-0.2, 0) is 0 Å². The Balaban J connectivity index is 2.24. The highest BCUT2D eigenvalue weighted by molar-refractivity contribution is 9.10. The molecule has 0 aliphatic carbocycles. The van der Waals surface area contributed by atoms with Crippen LogP contribution in [0.3, 0.4) is 0 Å². The Hall–Kier alpha value is -2.26. The maximum atomic E-state index is 13.6. The van der Waals surface area contributed by atoms with Crippen LogP contribution in [0.2, 0.25) is 0 Å². The maximum absolute atomic E-state index is 13.6. The molecule has 2 aromatic heterocycles. The van der Waals surface area contributed by atoms with Gasteiger partial charge in [0.2, 0.25) is 0 Å². The number of aromatic nitrogens is 3. The summed E-state index contributed by atoms with van der Waals surface area (Å²) < 4.78 is 15.6. The van der Waals surface area contributed by atoms with Gasteiger partial charge in [0.25, 0.3) is 0 Å². The summed E-state index contributed by atoms with van der Waals surface area (Å²) >= 11 is 3.10. The minimum absolute atomic E-state index is 0.370. The summed E-state index contributed by atoms with van der Waals surface area (Å²) in [5.74, 6) is 0.129. The van der Waals surface area contributed by atoms with Gasteiger partial charge in [-0.3, -0.25) is 4.40 Å². The van der Waals surface area contributed by atoms with Crippen LogP contribution < -0.4 is 0 Å². The zero-order valence-corrected chi connectivity index (χ0v) is 11.1. The van der Waals surface area contributed by atoms with Gasteiger partial charge >= 0.3 is 0 Å². The zero-order chi connectivity index (χ0) is 13.4. The molecule has 1 aromatic carbocycles. The van der Waals surface area contributed by atoms with Gasteiger partial charge in [-0.1, -0.05) is 0 Å². The molecule has 4 nitrogen and oxygen atoms in total. The summed E-state index contributed by atoms with van der Waals surface area (Å²) in [6.07, 6.45) is 1.63. The molecule has 92 valence electrons. The summed E-state index contributed by atoms with van der Waals surface area (Å²) in [5, 5.41) is 16.9. The lowest BCUT2D eigenvalue weighted by molar-refractivity contribution is 0.621. The van der Waals surface area contributed by atoms with Crippen molar-refractivity contribution in [3.05, 3.63) is 52.4 Å². The molecule has 3 rings (SSSR count). The number of halogens is 2. The third-order valence-corrected chi connectivity index (χ3v) is 3.35. The highest BCUT2D eigenvalue weighted by Crippen LogP contribution is 2.23. The van der Waals surface area contributed by atoms with Crippen LogP contribution in [0.1, 0.15) is 5.56 Å². The fourth-order valence-corrected chi connectivity index (χ4v) is 2.04. The molecule has 0 bridgehead atoms. The number of hydrogen-bond acceptors (Lipinski definition) is 3. The van der Waals surface area contributed by atoms with Gasteiger partial charge in [0.1, 0.15) is 11.9 Å². The number of fused-ring (bicyclic) bond motifs is 1. The van der Waals surface area contributed by atoms with Crippen LogP contribution in [0.25, 0.3) is 17.0 Å². The fourth-order valence-electron chi connectivity index (χ4n) is 1.79. The van der Waals surface area contributed by atoms with E-state index in [0.29, 0.717) is 27.1 Å². The third kappa shape index (κ3) is 1.98. The van der Waals surface area contributed by atoms with Crippen LogP contribution in [0.5, 0.6) is 0 Å². The lowest BCUT2D eigenvalue weighted by Crippen LogP contribution is -1.91. The first kappa shape index (κ1) is 11.8. The number of rotatable bonds is 1. The predicted molar refractivity (Wildman–Crippen MR) is 70.8 cm³/mol. The molecule has 19 heavy (non-hydrogen) atoms. The normalized spacial score (nSPS) is 10.6. The Labute approximate surface area is 116 Å². The summed E-state index contributed by atoms with van der Waals surface area (Å²) in [6, 6.07) is 10.1. The van der Waals surface area contributed by atoms with Crippen LogP contribution in [0.15, 0.2) is 41.0 Å². The molecular weight excluding hydrogens is 311 g/mol. The first-order chi connectivity index (χ1) is 9.19. The van der Waals surface area contributed by atoms with Crippen LogP contribution in [0.4, 0.5) is 4.39 Å². The van der Waals surface area contributed by atoms with Crippen LogP contribution in [-0.4, -0.2) is 14.6 Å². The molecule has 0 aliphatic heterocycles. The Bertz CT molecular complexity index is 819. The summed E-state index contributed by atoms with van der Waals surface area (Å²) in [5.41, 5.74) is 1.70.